The Morgan fingerprint density at radius 2 is 1.83 bits per heavy atom. The van der Waals surface area contributed by atoms with E-state index in [1.807, 2.05) is 0 Å². The fourth-order valence-corrected chi connectivity index (χ4v) is 4.39. The number of ether oxygens (including phenoxy) is 1. The molecular formula is C18H32ClN3O8. The van der Waals surface area contributed by atoms with Crippen molar-refractivity contribution in [2.75, 3.05) is 19.0 Å². The summed E-state index contributed by atoms with van der Waals surface area (Å²) in [4.78, 5) is 24.5. The van der Waals surface area contributed by atoms with E-state index in [4.69, 9.17) is 16.3 Å². The number of alkyl halides is 1. The maximum absolute atomic E-state index is 12.7. The molecule has 2 amide bonds. The van der Waals surface area contributed by atoms with Gasteiger partial charge in [-0.1, -0.05) is 26.2 Å². The number of hydrogen-bond acceptors (Lipinski definition) is 9. The van der Waals surface area contributed by atoms with Gasteiger partial charge in [0.1, 0.15) is 24.4 Å². The lowest BCUT2D eigenvalue weighted by atomic mass is 9.77. The smallest absolute Gasteiger partial charge is 0.345 e. The Kier molecular flexibility index (Phi) is 9.22. The monoisotopic (exact) mass is 453 g/mol. The van der Waals surface area contributed by atoms with Crippen LogP contribution in [-0.2, 0) is 4.74 Å². The Morgan fingerprint density at radius 1 is 1.20 bits per heavy atom. The third-order valence-electron chi connectivity index (χ3n) is 5.89. The number of amides is 2. The first kappa shape index (κ1) is 25.2. The average molecular weight is 454 g/mol. The van der Waals surface area contributed by atoms with Crippen molar-refractivity contribution in [1.29, 1.82) is 0 Å². The first-order chi connectivity index (χ1) is 14.2. The molecule has 5 N–H and O–H groups in total. The fourth-order valence-electron chi connectivity index (χ4n) is 4.23. The van der Waals surface area contributed by atoms with Gasteiger partial charge in [-0.15, -0.1) is 16.5 Å². The second-order valence-corrected chi connectivity index (χ2v) is 8.26. The average Bonchev–Trinajstić information content (AvgIpc) is 2.76. The van der Waals surface area contributed by atoms with Gasteiger partial charge in [0.25, 0.3) is 0 Å². The van der Waals surface area contributed by atoms with Crippen LogP contribution in [0.1, 0.15) is 45.4 Å². The Labute approximate surface area is 180 Å². The van der Waals surface area contributed by atoms with Crippen LogP contribution in [0.25, 0.3) is 0 Å². The number of rotatable bonds is 8. The van der Waals surface area contributed by atoms with E-state index < -0.39 is 48.4 Å². The zero-order chi connectivity index (χ0) is 22.5. The molecule has 0 bridgehead atoms. The van der Waals surface area contributed by atoms with Crippen LogP contribution in [-0.4, -0.2) is 96.9 Å². The molecule has 0 aromatic heterocycles. The van der Waals surface area contributed by atoms with Gasteiger partial charge in [-0.05, 0) is 19.3 Å². The predicted molar refractivity (Wildman–Crippen MR) is 106 cm³/mol. The summed E-state index contributed by atoms with van der Waals surface area (Å²) in [5.41, 5.74) is 0. The molecule has 2 fully saturated rings. The first-order valence-corrected chi connectivity index (χ1v) is 10.9. The number of carbonyl (C=O) groups is 1. The van der Waals surface area contributed by atoms with E-state index in [2.05, 4.69) is 5.29 Å². The molecule has 0 spiro atoms. The number of nitroso groups, excluding NO2 is 1. The van der Waals surface area contributed by atoms with Gasteiger partial charge in [-0.2, -0.15) is 5.01 Å². The number of nitrogens with zero attached hydrogens (tertiary/aromatic N) is 3. The van der Waals surface area contributed by atoms with Gasteiger partial charge in [0.2, 0.25) is 0 Å². The summed E-state index contributed by atoms with van der Waals surface area (Å²) >= 11 is 5.58. The van der Waals surface area contributed by atoms with Crippen LogP contribution in [0.2, 0.25) is 0 Å². The number of urea groups is 1. The van der Waals surface area contributed by atoms with Gasteiger partial charge in [0.05, 0.1) is 11.8 Å². The van der Waals surface area contributed by atoms with E-state index in [1.165, 1.54) is 0 Å². The second kappa shape index (κ2) is 11.0. The number of aliphatic hydroxyl groups is 5. The highest BCUT2D eigenvalue weighted by Crippen LogP contribution is 2.41. The molecule has 1 unspecified atom stereocenters. The molecule has 0 aromatic rings. The third kappa shape index (κ3) is 5.04. The molecule has 12 heteroatoms. The van der Waals surface area contributed by atoms with E-state index in [1.54, 1.807) is 6.92 Å². The summed E-state index contributed by atoms with van der Waals surface area (Å²) in [6, 6.07) is -0.961. The molecule has 1 aliphatic heterocycles. The van der Waals surface area contributed by atoms with Gasteiger partial charge in [0, 0.05) is 18.3 Å². The van der Waals surface area contributed by atoms with Crippen molar-refractivity contribution >= 4 is 17.6 Å². The summed E-state index contributed by atoms with van der Waals surface area (Å²) in [5, 5.41) is 56.4. The molecule has 2 aliphatic rings. The van der Waals surface area contributed by atoms with Crippen molar-refractivity contribution in [3.8, 4) is 0 Å². The zero-order valence-electron chi connectivity index (χ0n) is 17.0. The SMILES string of the molecule is CCCN(C(=O)N(CCCl)N=O)C(O)[C@H]1O[C@@](O)(C2CCCCC2)[C@H](O)[C@@H](O)[C@H]1O. The van der Waals surface area contributed by atoms with Gasteiger partial charge in [-0.3, -0.25) is 4.90 Å². The minimum atomic E-state index is -2.20. The van der Waals surface area contributed by atoms with Crippen LogP contribution in [0.4, 0.5) is 4.79 Å². The van der Waals surface area contributed by atoms with Crippen LogP contribution >= 0.6 is 11.6 Å². The summed E-state index contributed by atoms with van der Waals surface area (Å²) < 4.78 is 5.62. The molecule has 0 radical (unpaired) electrons. The van der Waals surface area contributed by atoms with Gasteiger partial charge < -0.3 is 30.3 Å². The lowest BCUT2D eigenvalue weighted by Crippen LogP contribution is -2.71. The van der Waals surface area contributed by atoms with E-state index in [9.17, 15) is 35.2 Å². The number of hydrogen-bond donors (Lipinski definition) is 5. The standard InChI is InChI=1S/C18H32ClN3O8/c1-2-9-21(17(27)22(20-29)10-8-19)16(26)14-12(23)13(24)15(25)18(28,30-14)11-6-4-3-5-7-11/h11-16,23-26,28H,2-10H2,1H3/t12-,13+,14+,15-,16?,18+/m1/s1. The molecule has 1 aliphatic carbocycles. The highest BCUT2D eigenvalue weighted by Gasteiger charge is 2.58. The van der Waals surface area contributed by atoms with Gasteiger partial charge in [-0.25, -0.2) is 4.79 Å². The summed E-state index contributed by atoms with van der Waals surface area (Å²) in [6.07, 6.45) is -4.83. The maximum atomic E-state index is 12.7. The molecule has 1 saturated carbocycles. The normalized spacial score (nSPS) is 33.7. The highest BCUT2D eigenvalue weighted by atomic mass is 35.5. The van der Waals surface area contributed by atoms with E-state index in [-0.39, 0.29) is 19.0 Å². The van der Waals surface area contributed by atoms with E-state index in [0.29, 0.717) is 24.3 Å². The molecule has 6 atom stereocenters. The molecule has 2 rings (SSSR count). The van der Waals surface area contributed by atoms with E-state index in [0.717, 1.165) is 24.2 Å². The van der Waals surface area contributed by atoms with E-state index >= 15 is 0 Å². The number of carbonyl (C=O) groups excluding carboxylic acids is 1. The first-order valence-electron chi connectivity index (χ1n) is 10.3. The fraction of sp³-hybridized carbons (Fsp3) is 0.944. The zero-order valence-corrected chi connectivity index (χ0v) is 17.8. The lowest BCUT2D eigenvalue weighted by Gasteiger charge is -2.51. The Balaban J connectivity index is 2.30. The van der Waals surface area contributed by atoms with Crippen molar-refractivity contribution in [3.63, 3.8) is 0 Å². The van der Waals surface area contributed by atoms with Crippen molar-refractivity contribution in [1.82, 2.24) is 9.91 Å². The van der Waals surface area contributed by atoms with Crippen molar-refractivity contribution in [2.24, 2.45) is 11.2 Å². The Hall–Kier alpha value is -1.08. The van der Waals surface area contributed by atoms with Crippen molar-refractivity contribution in [2.45, 2.75) is 81.9 Å². The molecular weight excluding hydrogens is 422 g/mol. The van der Waals surface area contributed by atoms with Gasteiger partial charge >= 0.3 is 6.03 Å². The quantitative estimate of drug-likeness (QED) is 0.149. The summed E-state index contributed by atoms with van der Waals surface area (Å²) in [7, 11) is 0. The largest absolute Gasteiger partial charge is 0.387 e. The minimum Gasteiger partial charge on any atom is -0.387 e. The van der Waals surface area contributed by atoms with Crippen molar-refractivity contribution in [3.05, 3.63) is 4.91 Å². The van der Waals surface area contributed by atoms with Crippen LogP contribution in [0.15, 0.2) is 5.29 Å². The van der Waals surface area contributed by atoms with Crippen molar-refractivity contribution < 1.29 is 35.1 Å². The molecule has 174 valence electrons. The van der Waals surface area contributed by atoms with Crippen LogP contribution in [0.3, 0.4) is 0 Å². The highest BCUT2D eigenvalue weighted by molar-refractivity contribution is 6.18. The maximum Gasteiger partial charge on any atom is 0.345 e. The topological polar surface area (TPSA) is 163 Å². The lowest BCUT2D eigenvalue weighted by molar-refractivity contribution is -0.382. The Morgan fingerprint density at radius 3 is 2.37 bits per heavy atom. The van der Waals surface area contributed by atoms with Gasteiger partial charge in [0.15, 0.2) is 12.0 Å². The molecule has 0 aromatic carbocycles. The summed E-state index contributed by atoms with van der Waals surface area (Å²) in [5.74, 6) is -2.79. The van der Waals surface area contributed by atoms with Crippen LogP contribution < -0.4 is 0 Å². The Bertz CT molecular complexity index is 578. The predicted octanol–water partition coefficient (Wildman–Crippen LogP) is 0.109. The molecule has 30 heavy (non-hydrogen) atoms. The second-order valence-electron chi connectivity index (χ2n) is 7.88. The van der Waals surface area contributed by atoms with Crippen LogP contribution in [0.5, 0.6) is 0 Å². The van der Waals surface area contributed by atoms with Crippen LogP contribution in [0, 0.1) is 10.8 Å². The molecule has 1 heterocycles. The number of aliphatic hydroxyl groups excluding tert-OH is 4. The molecule has 1 saturated heterocycles. The minimum absolute atomic E-state index is 0.0264. The third-order valence-corrected chi connectivity index (χ3v) is 6.06. The summed E-state index contributed by atoms with van der Waals surface area (Å²) in [6.45, 7) is 1.50. The molecule has 11 nitrogen and oxygen atoms in total. The number of halogens is 1.